The summed E-state index contributed by atoms with van der Waals surface area (Å²) in [5, 5.41) is 10.8. The molecule has 1 aromatic carbocycles. The Labute approximate surface area is 228 Å². The van der Waals surface area contributed by atoms with Gasteiger partial charge in [-0.3, -0.25) is 24.0 Å². The number of nitrogens with one attached hydrogen (secondary N) is 4. The zero-order chi connectivity index (χ0) is 29.1. The number of benzene rings is 1. The summed E-state index contributed by atoms with van der Waals surface area (Å²) in [6.45, 7) is 5.66. The first-order valence-corrected chi connectivity index (χ1v) is 13.0. The highest BCUT2D eigenvalue weighted by Crippen LogP contribution is 2.19. The molecule has 1 aliphatic heterocycles. The monoisotopic (exact) mass is 540 g/mol. The number of hydrogen-bond acceptors (Lipinski definition) is 6. The lowest BCUT2D eigenvalue weighted by molar-refractivity contribution is -0.133. The largest absolute Gasteiger partial charge is 0.353 e. The first kappa shape index (κ1) is 31.1. The molecule has 0 spiro atoms. The molecule has 1 heterocycles. The number of urea groups is 1. The summed E-state index contributed by atoms with van der Waals surface area (Å²) < 4.78 is 0. The predicted molar refractivity (Wildman–Crippen MR) is 148 cm³/mol. The molecule has 2 rings (SSSR count). The van der Waals surface area contributed by atoms with Gasteiger partial charge in [0.2, 0.25) is 17.7 Å². The Balaban J connectivity index is 2.02. The van der Waals surface area contributed by atoms with Gasteiger partial charge in [0.1, 0.15) is 19.9 Å². The number of hydrogen-bond donors (Lipinski definition) is 5. The van der Waals surface area contributed by atoms with Gasteiger partial charge < -0.3 is 27.0 Å². The number of carbonyl (C=O) groups is 6. The van der Waals surface area contributed by atoms with Crippen LogP contribution in [0, 0.1) is 5.92 Å². The number of imide groups is 1. The second-order valence-electron chi connectivity index (χ2n) is 9.79. The summed E-state index contributed by atoms with van der Waals surface area (Å²) in [7, 11) is 1.93. The van der Waals surface area contributed by atoms with Crippen molar-refractivity contribution >= 4 is 49.1 Å². The second kappa shape index (κ2) is 14.7. The van der Waals surface area contributed by atoms with Gasteiger partial charge in [-0.1, -0.05) is 32.3 Å². The van der Waals surface area contributed by atoms with Gasteiger partial charge in [0, 0.05) is 24.7 Å². The van der Waals surface area contributed by atoms with Crippen LogP contribution in [0.2, 0.25) is 6.32 Å². The van der Waals surface area contributed by atoms with Gasteiger partial charge in [0.05, 0.1) is 12.1 Å². The quantitative estimate of drug-likeness (QED) is 0.118. The van der Waals surface area contributed by atoms with E-state index in [1.165, 1.54) is 12.2 Å². The standard InChI is InChI=1S/C26H37BN6O6/c1-15(2)23(25(38)31-19(5-4-12-29-26(28)39)24(37)30-16(3)14-27)32-20(34)13-17-6-8-18(9-7-17)33-21(35)10-11-22(33)36/h6-11,15-16,19,23H,4-5,12-14,27H2,1-3H3,(H,30,37)(H,31,38)(H,32,34)(H3,28,29,39)/t16-,19+,23?/m1/s1. The maximum Gasteiger partial charge on any atom is 0.312 e. The molecule has 0 aromatic heterocycles. The van der Waals surface area contributed by atoms with E-state index < -0.39 is 41.7 Å². The number of primary amides is 1. The van der Waals surface area contributed by atoms with Gasteiger partial charge in [-0.25, -0.2) is 9.69 Å². The van der Waals surface area contributed by atoms with Crippen LogP contribution in [0.15, 0.2) is 36.4 Å². The van der Waals surface area contributed by atoms with Crippen molar-refractivity contribution in [2.75, 3.05) is 11.4 Å². The van der Waals surface area contributed by atoms with Crippen LogP contribution in [0.4, 0.5) is 10.5 Å². The third-order valence-electron chi connectivity index (χ3n) is 6.24. The number of anilines is 1. The van der Waals surface area contributed by atoms with Gasteiger partial charge in [0.25, 0.3) is 11.8 Å². The van der Waals surface area contributed by atoms with Crippen molar-refractivity contribution in [1.82, 2.24) is 21.3 Å². The first-order chi connectivity index (χ1) is 18.4. The molecule has 0 aliphatic carbocycles. The summed E-state index contributed by atoms with van der Waals surface area (Å²) in [6.07, 6.45) is 3.73. The fourth-order valence-electron chi connectivity index (χ4n) is 3.86. The van der Waals surface area contributed by atoms with Crippen LogP contribution < -0.4 is 31.9 Å². The van der Waals surface area contributed by atoms with Crippen molar-refractivity contribution in [1.29, 1.82) is 0 Å². The highest BCUT2D eigenvalue weighted by molar-refractivity contribution is 6.28. The molecule has 39 heavy (non-hydrogen) atoms. The fourth-order valence-corrected chi connectivity index (χ4v) is 3.86. The van der Waals surface area contributed by atoms with Gasteiger partial charge in [0.15, 0.2) is 0 Å². The summed E-state index contributed by atoms with van der Waals surface area (Å²) in [5.41, 5.74) is 6.10. The molecule has 0 fully saturated rings. The van der Waals surface area contributed by atoms with E-state index in [2.05, 4.69) is 21.3 Å². The lowest BCUT2D eigenvalue weighted by atomic mass is 9.98. The Bertz CT molecular complexity index is 1090. The molecule has 1 aliphatic rings. The topological polar surface area (TPSA) is 180 Å². The predicted octanol–water partition coefficient (Wildman–Crippen LogP) is -0.711. The van der Waals surface area contributed by atoms with E-state index in [0.717, 1.165) is 4.90 Å². The van der Waals surface area contributed by atoms with Crippen LogP contribution in [-0.4, -0.2) is 68.1 Å². The number of carbonyl (C=O) groups excluding carboxylic acids is 6. The summed E-state index contributed by atoms with van der Waals surface area (Å²) in [6, 6.07) is 3.89. The molecular formula is C26H37BN6O6. The average molecular weight is 540 g/mol. The first-order valence-electron chi connectivity index (χ1n) is 13.0. The number of rotatable bonds is 14. The van der Waals surface area contributed by atoms with Crippen LogP contribution in [0.3, 0.4) is 0 Å². The van der Waals surface area contributed by atoms with Crippen molar-refractivity contribution in [2.45, 2.75) is 64.5 Å². The summed E-state index contributed by atoms with van der Waals surface area (Å²) >= 11 is 0. The summed E-state index contributed by atoms with van der Waals surface area (Å²) in [4.78, 5) is 74.5. The highest BCUT2D eigenvalue weighted by atomic mass is 16.2. The minimum absolute atomic E-state index is 0.0341. The summed E-state index contributed by atoms with van der Waals surface area (Å²) in [5.74, 6) is -2.40. The molecular weight excluding hydrogens is 503 g/mol. The Kier molecular flexibility index (Phi) is 11.7. The zero-order valence-corrected chi connectivity index (χ0v) is 22.8. The van der Waals surface area contributed by atoms with E-state index in [0.29, 0.717) is 24.0 Å². The van der Waals surface area contributed by atoms with Gasteiger partial charge in [-0.2, -0.15) is 0 Å². The Morgan fingerprint density at radius 2 is 1.54 bits per heavy atom. The molecule has 210 valence electrons. The molecule has 1 aromatic rings. The lowest BCUT2D eigenvalue weighted by Gasteiger charge is -2.26. The van der Waals surface area contributed by atoms with E-state index in [9.17, 15) is 28.8 Å². The zero-order valence-electron chi connectivity index (χ0n) is 22.8. The van der Waals surface area contributed by atoms with Crippen LogP contribution >= 0.6 is 0 Å². The number of nitrogens with two attached hydrogens (primary N) is 1. The van der Waals surface area contributed by atoms with Gasteiger partial charge in [-0.05, 0) is 43.4 Å². The van der Waals surface area contributed by atoms with Crippen molar-refractivity contribution in [3.63, 3.8) is 0 Å². The molecule has 7 amide bonds. The van der Waals surface area contributed by atoms with E-state index >= 15 is 0 Å². The molecule has 6 N–H and O–H groups in total. The van der Waals surface area contributed by atoms with Crippen molar-refractivity contribution in [3.8, 4) is 0 Å². The van der Waals surface area contributed by atoms with E-state index in [-0.39, 0.29) is 37.3 Å². The van der Waals surface area contributed by atoms with Gasteiger partial charge >= 0.3 is 6.03 Å². The molecule has 1 unspecified atom stereocenters. The average Bonchev–Trinajstić information content (AvgIpc) is 3.21. The third-order valence-corrected chi connectivity index (χ3v) is 6.24. The number of amides is 7. The molecule has 12 nitrogen and oxygen atoms in total. The molecule has 3 atom stereocenters. The Hall–Kier alpha value is -4.16. The third kappa shape index (κ3) is 9.58. The lowest BCUT2D eigenvalue weighted by Crippen LogP contribution is -2.56. The molecule has 0 saturated heterocycles. The van der Waals surface area contributed by atoms with Crippen LogP contribution in [0.5, 0.6) is 0 Å². The second-order valence-corrected chi connectivity index (χ2v) is 9.79. The van der Waals surface area contributed by atoms with Gasteiger partial charge in [-0.15, -0.1) is 0 Å². The van der Waals surface area contributed by atoms with Crippen molar-refractivity contribution < 1.29 is 28.8 Å². The Morgan fingerprint density at radius 1 is 0.923 bits per heavy atom. The molecule has 0 radical (unpaired) electrons. The van der Waals surface area contributed by atoms with Crippen molar-refractivity contribution in [2.24, 2.45) is 11.7 Å². The molecule has 0 saturated carbocycles. The maximum atomic E-state index is 13.2. The number of nitrogens with zero attached hydrogens (tertiary/aromatic N) is 1. The SMILES string of the molecule is BC[C@@H](C)NC(=O)[C@H](CCCNC(N)=O)NC(=O)C(NC(=O)Cc1ccc(N2C(=O)C=CC2=O)cc1)C(C)C. The van der Waals surface area contributed by atoms with Crippen LogP contribution in [0.25, 0.3) is 0 Å². The molecule has 13 heteroatoms. The fraction of sp³-hybridized carbons (Fsp3) is 0.462. The van der Waals surface area contributed by atoms with Crippen molar-refractivity contribution in [3.05, 3.63) is 42.0 Å². The molecule has 0 bridgehead atoms. The van der Waals surface area contributed by atoms with Crippen LogP contribution in [0.1, 0.15) is 39.2 Å². The maximum absolute atomic E-state index is 13.2. The van der Waals surface area contributed by atoms with E-state index in [4.69, 9.17) is 5.73 Å². The van der Waals surface area contributed by atoms with Crippen LogP contribution in [-0.2, 0) is 30.4 Å². The minimum Gasteiger partial charge on any atom is -0.353 e. The van der Waals surface area contributed by atoms with E-state index in [1.807, 2.05) is 14.8 Å². The Morgan fingerprint density at radius 3 is 2.08 bits per heavy atom. The smallest absolute Gasteiger partial charge is 0.312 e. The highest BCUT2D eigenvalue weighted by Gasteiger charge is 2.29. The van der Waals surface area contributed by atoms with E-state index in [1.54, 1.807) is 38.1 Å². The normalized spacial score (nSPS) is 15.0. The minimum atomic E-state index is -0.898.